The maximum atomic E-state index is 12.3. The summed E-state index contributed by atoms with van der Waals surface area (Å²) in [6.45, 7) is 0. The molecule has 0 saturated heterocycles. The molecule has 24 heavy (non-hydrogen) atoms. The molecule has 0 aromatic heterocycles. The van der Waals surface area contributed by atoms with Gasteiger partial charge in [-0.3, -0.25) is 4.79 Å². The highest BCUT2D eigenvalue weighted by molar-refractivity contribution is 7.89. The highest BCUT2D eigenvalue weighted by atomic mass is 35.5. The second-order valence-corrected chi connectivity index (χ2v) is 8.00. The molecule has 0 bridgehead atoms. The Bertz CT molecular complexity index is 858. The number of hydrogen-bond donors (Lipinski definition) is 2. The number of para-hydroxylation sites is 1. The molecule has 2 aromatic rings. The quantitative estimate of drug-likeness (QED) is 0.825. The van der Waals surface area contributed by atoms with Gasteiger partial charge in [-0.1, -0.05) is 29.3 Å². The van der Waals surface area contributed by atoms with Crippen molar-refractivity contribution in [3.05, 3.63) is 58.1 Å². The van der Waals surface area contributed by atoms with Crippen LogP contribution in [0.3, 0.4) is 0 Å². The lowest BCUT2D eigenvalue weighted by Gasteiger charge is -2.10. The third-order valence-electron chi connectivity index (χ3n) is 3.53. The molecule has 0 atom stereocenters. The van der Waals surface area contributed by atoms with Crippen molar-refractivity contribution in [2.45, 2.75) is 23.8 Å². The molecule has 0 spiro atoms. The van der Waals surface area contributed by atoms with Crippen molar-refractivity contribution in [3.8, 4) is 0 Å². The molecule has 1 saturated carbocycles. The van der Waals surface area contributed by atoms with Crippen molar-refractivity contribution in [3.63, 3.8) is 0 Å². The summed E-state index contributed by atoms with van der Waals surface area (Å²) >= 11 is 12.0. The van der Waals surface area contributed by atoms with Gasteiger partial charge < -0.3 is 5.32 Å². The first-order valence-electron chi connectivity index (χ1n) is 7.24. The largest absolute Gasteiger partial charge is 0.319 e. The first-order valence-corrected chi connectivity index (χ1v) is 9.48. The van der Waals surface area contributed by atoms with Crippen LogP contribution in [0.25, 0.3) is 0 Å². The lowest BCUT2D eigenvalue weighted by Crippen LogP contribution is -2.25. The summed E-state index contributed by atoms with van der Waals surface area (Å²) < 4.78 is 26.8. The van der Waals surface area contributed by atoms with Crippen molar-refractivity contribution < 1.29 is 13.2 Å². The molecule has 8 heteroatoms. The van der Waals surface area contributed by atoms with Gasteiger partial charge in [-0.15, -0.1) is 0 Å². The van der Waals surface area contributed by atoms with E-state index in [0.717, 1.165) is 12.8 Å². The standard InChI is InChI=1S/C16H14Cl2N2O3S/c17-13-2-1-3-14(18)15(13)19-16(21)10-4-8-12(9-5-10)24(22,23)20-11-6-7-11/h1-5,8-9,11,20H,6-7H2,(H,19,21). The number of nitrogens with one attached hydrogen (secondary N) is 2. The molecule has 1 amide bonds. The molecule has 0 heterocycles. The Labute approximate surface area is 150 Å². The average Bonchev–Trinajstić information content (AvgIpc) is 3.34. The number of amides is 1. The van der Waals surface area contributed by atoms with Gasteiger partial charge in [0, 0.05) is 11.6 Å². The predicted molar refractivity (Wildman–Crippen MR) is 94.2 cm³/mol. The Morgan fingerprint density at radius 1 is 1.00 bits per heavy atom. The number of sulfonamides is 1. The van der Waals surface area contributed by atoms with Crippen LogP contribution in [0, 0.1) is 0 Å². The minimum absolute atomic E-state index is 0.0281. The summed E-state index contributed by atoms with van der Waals surface area (Å²) in [6, 6.07) is 10.6. The number of anilines is 1. The van der Waals surface area contributed by atoms with Crippen LogP contribution in [-0.4, -0.2) is 20.4 Å². The van der Waals surface area contributed by atoms with Crippen LogP contribution in [0.2, 0.25) is 10.0 Å². The van der Waals surface area contributed by atoms with E-state index in [9.17, 15) is 13.2 Å². The molecule has 2 N–H and O–H groups in total. The summed E-state index contributed by atoms with van der Waals surface area (Å²) in [7, 11) is -3.54. The van der Waals surface area contributed by atoms with Gasteiger partial charge in [0.25, 0.3) is 5.91 Å². The summed E-state index contributed by atoms with van der Waals surface area (Å²) in [5, 5.41) is 3.27. The summed E-state index contributed by atoms with van der Waals surface area (Å²) in [4.78, 5) is 12.4. The van der Waals surface area contributed by atoms with Gasteiger partial charge in [0.1, 0.15) is 0 Å². The van der Waals surface area contributed by atoms with Gasteiger partial charge in [0.05, 0.1) is 20.6 Å². The van der Waals surface area contributed by atoms with Crippen molar-refractivity contribution in [1.29, 1.82) is 0 Å². The topological polar surface area (TPSA) is 75.3 Å². The van der Waals surface area contributed by atoms with Crippen LogP contribution >= 0.6 is 23.2 Å². The maximum Gasteiger partial charge on any atom is 0.255 e. The van der Waals surface area contributed by atoms with E-state index >= 15 is 0 Å². The van der Waals surface area contributed by atoms with Crippen molar-refractivity contribution in [2.75, 3.05) is 5.32 Å². The highest BCUT2D eigenvalue weighted by Crippen LogP contribution is 2.30. The van der Waals surface area contributed by atoms with E-state index in [1.165, 1.54) is 24.3 Å². The Morgan fingerprint density at radius 2 is 1.58 bits per heavy atom. The summed E-state index contributed by atoms with van der Waals surface area (Å²) in [5.41, 5.74) is 0.620. The Kier molecular flexibility index (Phi) is 4.83. The number of hydrogen-bond acceptors (Lipinski definition) is 3. The zero-order chi connectivity index (χ0) is 17.3. The van der Waals surface area contributed by atoms with Gasteiger partial charge in [-0.2, -0.15) is 0 Å². The van der Waals surface area contributed by atoms with E-state index in [1.54, 1.807) is 18.2 Å². The average molecular weight is 385 g/mol. The second-order valence-electron chi connectivity index (χ2n) is 5.47. The lowest BCUT2D eigenvalue weighted by molar-refractivity contribution is 0.102. The second kappa shape index (κ2) is 6.72. The minimum atomic E-state index is -3.54. The number of benzene rings is 2. The third kappa shape index (κ3) is 3.89. The van der Waals surface area contributed by atoms with Crippen molar-refractivity contribution >= 4 is 44.8 Å². The van der Waals surface area contributed by atoms with Crippen LogP contribution in [0.5, 0.6) is 0 Å². The van der Waals surface area contributed by atoms with E-state index in [-0.39, 0.29) is 10.9 Å². The maximum absolute atomic E-state index is 12.3. The van der Waals surface area contributed by atoms with Crippen molar-refractivity contribution in [2.24, 2.45) is 0 Å². The number of rotatable bonds is 5. The molecular weight excluding hydrogens is 371 g/mol. The smallest absolute Gasteiger partial charge is 0.255 e. The van der Waals surface area contributed by atoms with E-state index < -0.39 is 15.9 Å². The summed E-state index contributed by atoms with van der Waals surface area (Å²) in [5.74, 6) is -0.427. The molecule has 2 aromatic carbocycles. The van der Waals surface area contributed by atoms with Crippen LogP contribution < -0.4 is 10.0 Å². The monoisotopic (exact) mass is 384 g/mol. The molecule has 1 aliphatic rings. The Morgan fingerprint density at radius 3 is 2.12 bits per heavy atom. The fraction of sp³-hybridized carbons (Fsp3) is 0.188. The number of carbonyl (C=O) groups excluding carboxylic acids is 1. The number of carbonyl (C=O) groups is 1. The van der Waals surface area contributed by atoms with Gasteiger partial charge in [-0.25, -0.2) is 13.1 Å². The summed E-state index contributed by atoms with van der Waals surface area (Å²) in [6.07, 6.45) is 1.72. The third-order valence-corrected chi connectivity index (χ3v) is 5.69. The first kappa shape index (κ1) is 17.2. The van der Waals surface area contributed by atoms with Gasteiger partial charge in [0.15, 0.2) is 0 Å². The highest BCUT2D eigenvalue weighted by Gasteiger charge is 2.28. The van der Waals surface area contributed by atoms with Gasteiger partial charge in [-0.05, 0) is 49.2 Å². The zero-order valence-electron chi connectivity index (χ0n) is 12.4. The minimum Gasteiger partial charge on any atom is -0.319 e. The molecule has 0 aliphatic heterocycles. The van der Waals surface area contributed by atoms with Gasteiger partial charge in [0.2, 0.25) is 10.0 Å². The molecule has 126 valence electrons. The first-order chi connectivity index (χ1) is 11.4. The Hall–Kier alpha value is -1.60. The van der Waals surface area contributed by atoms with Crippen molar-refractivity contribution in [1.82, 2.24) is 4.72 Å². The van der Waals surface area contributed by atoms with E-state index in [0.29, 0.717) is 21.3 Å². The molecule has 0 radical (unpaired) electrons. The fourth-order valence-electron chi connectivity index (χ4n) is 2.08. The van der Waals surface area contributed by atoms with Crippen LogP contribution in [-0.2, 0) is 10.0 Å². The van der Waals surface area contributed by atoms with Gasteiger partial charge >= 0.3 is 0 Å². The lowest BCUT2D eigenvalue weighted by atomic mass is 10.2. The fourth-order valence-corrected chi connectivity index (χ4v) is 3.87. The number of halogens is 2. The molecule has 0 unspecified atom stereocenters. The molecule has 1 aliphatic carbocycles. The Balaban J connectivity index is 1.76. The molecule has 1 fully saturated rings. The van der Waals surface area contributed by atoms with E-state index in [4.69, 9.17) is 23.2 Å². The zero-order valence-corrected chi connectivity index (χ0v) is 14.8. The van der Waals surface area contributed by atoms with Crippen LogP contribution in [0.15, 0.2) is 47.4 Å². The molecule has 5 nitrogen and oxygen atoms in total. The van der Waals surface area contributed by atoms with Crippen LogP contribution in [0.1, 0.15) is 23.2 Å². The predicted octanol–water partition coefficient (Wildman–Crippen LogP) is 3.69. The van der Waals surface area contributed by atoms with E-state index in [1.807, 2.05) is 0 Å². The SMILES string of the molecule is O=C(Nc1c(Cl)cccc1Cl)c1ccc(S(=O)(=O)NC2CC2)cc1. The normalized spacial score (nSPS) is 14.4. The molecule has 3 rings (SSSR count). The molecular formula is C16H14Cl2N2O3S. The van der Waals surface area contributed by atoms with E-state index in [2.05, 4.69) is 10.0 Å². The van der Waals surface area contributed by atoms with Crippen LogP contribution in [0.4, 0.5) is 5.69 Å².